The molecule has 1 aromatic carbocycles. The Kier molecular flexibility index (Phi) is 7.81. The van der Waals surface area contributed by atoms with E-state index in [0.717, 1.165) is 5.56 Å². The molecule has 156 valence electrons. The van der Waals surface area contributed by atoms with Crippen LogP contribution in [0.5, 0.6) is 0 Å². The van der Waals surface area contributed by atoms with Gasteiger partial charge in [0.2, 0.25) is 0 Å². The molecular formula is C20H25ClN4O4. The summed E-state index contributed by atoms with van der Waals surface area (Å²) in [5.74, 6) is -0.429. The molecular weight excluding hydrogens is 396 g/mol. The lowest BCUT2D eigenvalue weighted by atomic mass is 10.2. The van der Waals surface area contributed by atoms with E-state index in [4.69, 9.17) is 22.1 Å². The average molecular weight is 421 g/mol. The van der Waals surface area contributed by atoms with Crippen LogP contribution < -0.4 is 21.9 Å². The van der Waals surface area contributed by atoms with Crippen LogP contribution in [0.15, 0.2) is 39.9 Å². The summed E-state index contributed by atoms with van der Waals surface area (Å²) in [5.41, 5.74) is 5.44. The van der Waals surface area contributed by atoms with Gasteiger partial charge in [0.15, 0.2) is 5.69 Å². The minimum absolute atomic E-state index is 0.0620. The van der Waals surface area contributed by atoms with Crippen molar-refractivity contribution in [2.45, 2.75) is 20.4 Å². The predicted octanol–water partition coefficient (Wildman–Crippen LogP) is 2.12. The molecule has 0 aliphatic rings. The molecule has 0 aliphatic carbocycles. The smallest absolute Gasteiger partial charge is 0.330 e. The summed E-state index contributed by atoms with van der Waals surface area (Å²) < 4.78 is 6.32. The summed E-state index contributed by atoms with van der Waals surface area (Å²) in [6, 6.07) is 6.98. The molecule has 2 rings (SSSR count). The fraction of sp³-hybridized carbons (Fsp3) is 0.350. The highest BCUT2D eigenvalue weighted by molar-refractivity contribution is 6.30. The monoisotopic (exact) mass is 420 g/mol. The van der Waals surface area contributed by atoms with E-state index >= 15 is 0 Å². The van der Waals surface area contributed by atoms with Crippen LogP contribution in [-0.4, -0.2) is 35.7 Å². The molecule has 0 aliphatic heterocycles. The van der Waals surface area contributed by atoms with Gasteiger partial charge in [-0.1, -0.05) is 37.6 Å². The number of carbonyl (C=O) groups excluding carboxylic acids is 1. The number of H-pyrrole nitrogens is 1. The highest BCUT2D eigenvalue weighted by Gasteiger charge is 2.23. The molecule has 29 heavy (non-hydrogen) atoms. The van der Waals surface area contributed by atoms with Gasteiger partial charge in [-0.2, -0.15) is 0 Å². The van der Waals surface area contributed by atoms with Crippen molar-refractivity contribution in [1.29, 1.82) is 0 Å². The Labute approximate surface area is 173 Å². The van der Waals surface area contributed by atoms with Crippen LogP contribution in [0.1, 0.15) is 19.4 Å². The molecule has 1 aromatic heterocycles. The van der Waals surface area contributed by atoms with E-state index in [1.807, 2.05) is 13.8 Å². The Bertz CT molecular complexity index is 1010. The van der Waals surface area contributed by atoms with Gasteiger partial charge in [-0.25, -0.2) is 4.79 Å². The fourth-order valence-electron chi connectivity index (χ4n) is 2.77. The number of nitrogens with two attached hydrogens (primary N) is 1. The first-order chi connectivity index (χ1) is 13.7. The molecule has 3 N–H and O–H groups in total. The number of benzene rings is 1. The van der Waals surface area contributed by atoms with Crippen LogP contribution in [0.2, 0.25) is 5.02 Å². The Balaban J connectivity index is 2.47. The molecule has 1 amide bonds. The highest BCUT2D eigenvalue weighted by Crippen LogP contribution is 2.19. The summed E-state index contributed by atoms with van der Waals surface area (Å²) in [6.45, 7) is 4.40. The number of hydrogen-bond donors (Lipinski definition) is 2. The summed E-state index contributed by atoms with van der Waals surface area (Å²) in [7, 11) is 1.48. The van der Waals surface area contributed by atoms with E-state index in [1.54, 1.807) is 30.3 Å². The number of nitrogens with one attached hydrogen (secondary N) is 1. The number of carbonyl (C=O) groups is 1. The van der Waals surface area contributed by atoms with Crippen LogP contribution in [0, 0.1) is 5.92 Å². The van der Waals surface area contributed by atoms with Gasteiger partial charge in [-0.05, 0) is 29.7 Å². The zero-order valence-corrected chi connectivity index (χ0v) is 17.4. The van der Waals surface area contributed by atoms with Gasteiger partial charge in [-0.15, -0.1) is 0 Å². The van der Waals surface area contributed by atoms with E-state index in [-0.39, 0.29) is 30.6 Å². The van der Waals surface area contributed by atoms with E-state index in [9.17, 15) is 14.4 Å². The number of halogens is 1. The van der Waals surface area contributed by atoms with Crippen molar-refractivity contribution in [1.82, 2.24) is 9.55 Å². The Morgan fingerprint density at radius 1 is 1.38 bits per heavy atom. The number of nitrogen functional groups attached to an aromatic ring is 1. The van der Waals surface area contributed by atoms with Crippen LogP contribution in [0.25, 0.3) is 6.08 Å². The number of hydrogen-bond acceptors (Lipinski definition) is 5. The molecule has 0 unspecified atom stereocenters. The van der Waals surface area contributed by atoms with Crippen molar-refractivity contribution >= 4 is 35.1 Å². The normalized spacial score (nSPS) is 11.3. The van der Waals surface area contributed by atoms with Gasteiger partial charge >= 0.3 is 5.69 Å². The van der Waals surface area contributed by atoms with Crippen molar-refractivity contribution in [3.63, 3.8) is 0 Å². The van der Waals surface area contributed by atoms with Gasteiger partial charge in [0.1, 0.15) is 5.82 Å². The van der Waals surface area contributed by atoms with E-state index < -0.39 is 17.2 Å². The molecule has 8 nitrogen and oxygen atoms in total. The van der Waals surface area contributed by atoms with Gasteiger partial charge in [0.25, 0.3) is 11.5 Å². The number of ether oxygens (including phenoxy) is 1. The third kappa shape index (κ3) is 5.82. The first-order valence-electron chi connectivity index (χ1n) is 9.11. The number of methoxy groups -OCH3 is 1. The van der Waals surface area contributed by atoms with Crippen LogP contribution in [0.4, 0.5) is 11.5 Å². The summed E-state index contributed by atoms with van der Waals surface area (Å²) in [4.78, 5) is 41.0. The Morgan fingerprint density at radius 2 is 2.10 bits per heavy atom. The van der Waals surface area contributed by atoms with Gasteiger partial charge < -0.3 is 10.5 Å². The fourth-order valence-corrected chi connectivity index (χ4v) is 2.97. The maximum absolute atomic E-state index is 12.9. The second-order valence-corrected chi connectivity index (χ2v) is 7.31. The van der Waals surface area contributed by atoms with Crippen molar-refractivity contribution in [3.05, 3.63) is 61.8 Å². The van der Waals surface area contributed by atoms with Gasteiger partial charge in [-0.3, -0.25) is 24.0 Å². The number of aromatic amines is 1. The maximum atomic E-state index is 12.9. The van der Waals surface area contributed by atoms with E-state index in [1.165, 1.54) is 22.7 Å². The largest absolute Gasteiger partial charge is 0.383 e. The number of nitrogens with zero attached hydrogens (tertiary/aromatic N) is 2. The van der Waals surface area contributed by atoms with Gasteiger partial charge in [0.05, 0.1) is 6.61 Å². The number of rotatable bonds is 8. The summed E-state index contributed by atoms with van der Waals surface area (Å²) in [5, 5.41) is 0.539. The molecule has 0 radical (unpaired) electrons. The SMILES string of the molecule is COCCN(C(=O)/C=C/c1cccc(Cl)c1)c1c(N)n(CC(C)C)c(=O)[nH]c1=O. The molecule has 0 fully saturated rings. The Hall–Kier alpha value is -2.84. The first kappa shape index (κ1) is 22.4. The standard InChI is InChI=1S/C20H25ClN4O4/c1-13(2)12-25-18(22)17(19(27)23-20(25)28)24(9-10-29-3)16(26)8-7-14-5-4-6-15(21)11-14/h4-8,11,13H,9-10,12,22H2,1-3H3,(H,23,27,28)/b8-7+. The summed E-state index contributed by atoms with van der Waals surface area (Å²) >= 11 is 5.96. The van der Waals surface area contributed by atoms with E-state index in [2.05, 4.69) is 4.98 Å². The lowest BCUT2D eigenvalue weighted by Gasteiger charge is -2.23. The van der Waals surface area contributed by atoms with Crippen molar-refractivity contribution in [3.8, 4) is 0 Å². The lowest BCUT2D eigenvalue weighted by molar-refractivity contribution is -0.114. The van der Waals surface area contributed by atoms with E-state index in [0.29, 0.717) is 11.6 Å². The second-order valence-electron chi connectivity index (χ2n) is 6.87. The minimum Gasteiger partial charge on any atom is -0.383 e. The van der Waals surface area contributed by atoms with Crippen LogP contribution in [0.3, 0.4) is 0 Å². The quantitative estimate of drug-likeness (QED) is 0.635. The van der Waals surface area contributed by atoms with Crippen molar-refractivity contribution < 1.29 is 9.53 Å². The number of anilines is 2. The third-order valence-electron chi connectivity index (χ3n) is 4.08. The first-order valence-corrected chi connectivity index (χ1v) is 9.49. The maximum Gasteiger partial charge on any atom is 0.330 e. The number of amides is 1. The zero-order chi connectivity index (χ0) is 21.6. The molecule has 0 spiro atoms. The second kappa shape index (κ2) is 10.1. The molecule has 0 atom stereocenters. The molecule has 9 heteroatoms. The summed E-state index contributed by atoms with van der Waals surface area (Å²) in [6.07, 6.45) is 2.90. The molecule has 0 bridgehead atoms. The molecule has 1 heterocycles. The molecule has 2 aromatic rings. The average Bonchev–Trinajstić information content (AvgIpc) is 2.65. The third-order valence-corrected chi connectivity index (χ3v) is 4.32. The van der Waals surface area contributed by atoms with Crippen molar-refractivity contribution in [2.75, 3.05) is 30.9 Å². The highest BCUT2D eigenvalue weighted by atomic mass is 35.5. The molecule has 0 saturated carbocycles. The van der Waals surface area contributed by atoms with Crippen molar-refractivity contribution in [2.24, 2.45) is 5.92 Å². The zero-order valence-electron chi connectivity index (χ0n) is 16.6. The van der Waals surface area contributed by atoms with Crippen LogP contribution in [-0.2, 0) is 16.1 Å². The lowest BCUT2D eigenvalue weighted by Crippen LogP contribution is -2.42. The van der Waals surface area contributed by atoms with Crippen LogP contribution >= 0.6 is 11.6 Å². The predicted molar refractivity (Wildman–Crippen MR) is 115 cm³/mol. The van der Waals surface area contributed by atoms with Gasteiger partial charge in [0, 0.05) is 31.3 Å². The minimum atomic E-state index is -0.729. The number of aromatic nitrogens is 2. The topological polar surface area (TPSA) is 110 Å². The Morgan fingerprint density at radius 3 is 2.72 bits per heavy atom. The molecule has 0 saturated heterocycles.